The Balaban J connectivity index is 0.00000220. The number of halogens is 2. The monoisotopic (exact) mass is 394 g/mol. The van der Waals surface area contributed by atoms with Crippen molar-refractivity contribution < 1.29 is 14.0 Å². The number of hydrogen-bond donors (Lipinski definition) is 0. The molecule has 2 aliphatic rings. The van der Waals surface area contributed by atoms with Crippen LogP contribution in [-0.4, -0.2) is 7.63 Å². The maximum atomic E-state index is 2.64. The Morgan fingerprint density at radius 2 is 1.14 bits per heavy atom. The summed E-state index contributed by atoms with van der Waals surface area (Å²) in [6.45, 7) is 9.39. The molecule has 0 aliphatic heterocycles. The molecule has 0 unspecified atom stereocenters. The van der Waals surface area contributed by atoms with E-state index in [1.54, 1.807) is 11.1 Å². The van der Waals surface area contributed by atoms with Crippen LogP contribution in [0.1, 0.15) is 40.5 Å². The van der Waals surface area contributed by atoms with E-state index in [9.17, 15) is 0 Å². The minimum Gasteiger partial charge on any atom is -0.147 e. The summed E-state index contributed by atoms with van der Waals surface area (Å²) in [7, 11) is 2.38. The standard InChI is InChI=1S/2C8H11.2CH3.2ClH.H2Si.Ti/c2*1-7(2)8-5-3-4-6-8;;;;;;/h2*3,5,7H,4H2,1-2H3;2*1H3;2*1H;1H2;. The maximum Gasteiger partial charge on any atom is -0.147 e. The van der Waals surface area contributed by atoms with Crippen molar-refractivity contribution in [3.63, 3.8) is 0 Å². The molecule has 0 heterocycles. The minimum absolute atomic E-state index is 0. The summed E-state index contributed by atoms with van der Waals surface area (Å²) in [5, 5.41) is 5.29. The summed E-state index contributed by atoms with van der Waals surface area (Å²) in [5.41, 5.74) is 3.29. The number of hydrogen-bond acceptors (Lipinski definition) is 0. The summed E-state index contributed by atoms with van der Waals surface area (Å²) in [5.74, 6) is 1.32. The molecule has 0 atom stereocenters. The molecule has 0 amide bonds. The smallest absolute Gasteiger partial charge is 0.147 e. The van der Waals surface area contributed by atoms with Gasteiger partial charge in [-0.3, -0.25) is 0 Å². The van der Waals surface area contributed by atoms with Crippen molar-refractivity contribution in [1.29, 1.82) is 0 Å². The second-order valence-corrected chi connectivity index (χ2v) is 27.1. The van der Waals surface area contributed by atoms with Gasteiger partial charge in [-0.25, -0.2) is 0 Å². The Hall–Kier alpha value is 0.471. The zero-order chi connectivity index (χ0) is 15.2. The van der Waals surface area contributed by atoms with Gasteiger partial charge in [0.1, 0.15) is 0 Å². The van der Waals surface area contributed by atoms with Crippen LogP contribution in [0.25, 0.3) is 0 Å². The van der Waals surface area contributed by atoms with Crippen LogP contribution in [-0.2, 0) is 14.0 Å². The number of rotatable bonds is 4. The Morgan fingerprint density at radius 1 is 0.818 bits per heavy atom. The predicted molar refractivity (Wildman–Crippen MR) is 106 cm³/mol. The van der Waals surface area contributed by atoms with E-state index in [1.165, 1.54) is 12.8 Å². The van der Waals surface area contributed by atoms with Crippen molar-refractivity contribution in [2.45, 2.75) is 51.0 Å². The zero-order valence-corrected chi connectivity index (χ0v) is 19.5. The second-order valence-electron chi connectivity index (χ2n) is 8.08. The van der Waals surface area contributed by atoms with Gasteiger partial charge in [0.25, 0.3) is 0 Å². The molecule has 0 nitrogen and oxygen atoms in total. The van der Waals surface area contributed by atoms with Crippen LogP contribution in [0.5, 0.6) is 0 Å². The van der Waals surface area contributed by atoms with Gasteiger partial charge in [0.05, 0.1) is 0 Å². The second kappa shape index (κ2) is 7.57. The Kier molecular flexibility index (Phi) is 7.73. The van der Waals surface area contributed by atoms with Crippen molar-refractivity contribution in [2.75, 3.05) is 0 Å². The van der Waals surface area contributed by atoms with Gasteiger partial charge in [0.2, 0.25) is 0 Å². The average Bonchev–Trinajstić information content (AvgIpc) is 2.98. The summed E-state index contributed by atoms with van der Waals surface area (Å²) >= 11 is -2.70. The molecular weight excluding hydrogens is 363 g/mol. The van der Waals surface area contributed by atoms with Crippen molar-refractivity contribution >= 4 is 32.4 Å². The third-order valence-electron chi connectivity index (χ3n) is 5.12. The molecule has 0 aromatic heterocycles. The van der Waals surface area contributed by atoms with Gasteiger partial charge in [0.15, 0.2) is 0 Å². The molecule has 0 aromatic carbocycles. The van der Waals surface area contributed by atoms with E-state index < -0.39 is 14.0 Å². The van der Waals surface area contributed by atoms with Crippen molar-refractivity contribution in [2.24, 2.45) is 11.8 Å². The molecule has 0 aromatic rings. The van der Waals surface area contributed by atoms with Gasteiger partial charge < -0.3 is 0 Å². The summed E-state index contributed by atoms with van der Waals surface area (Å²) < 4.78 is 3.65. The molecule has 0 saturated heterocycles. The Bertz CT molecular complexity index is 565. The van der Waals surface area contributed by atoms with Crippen LogP contribution in [0.15, 0.2) is 43.2 Å². The van der Waals surface area contributed by atoms with Crippen LogP contribution < -0.4 is 0 Å². The van der Waals surface area contributed by atoms with Gasteiger partial charge >= 0.3 is 128 Å². The Labute approximate surface area is 151 Å². The molecular formula is C18H32Cl2SiTi. The van der Waals surface area contributed by atoms with Gasteiger partial charge in [0, 0.05) is 0 Å². The van der Waals surface area contributed by atoms with Crippen LogP contribution >= 0.6 is 24.8 Å². The fraction of sp³-hybridized carbons (Fsp3) is 0.556. The van der Waals surface area contributed by atoms with Gasteiger partial charge in [-0.15, -0.1) is 24.8 Å². The van der Waals surface area contributed by atoms with E-state index in [-0.39, 0.29) is 24.8 Å². The third-order valence-corrected chi connectivity index (χ3v) is 16.2. The normalized spacial score (nSPS) is 18.4. The van der Waals surface area contributed by atoms with Crippen LogP contribution in [0.3, 0.4) is 0 Å². The molecule has 126 valence electrons. The molecule has 0 N–H and O–H groups in total. The molecule has 0 bridgehead atoms. The molecule has 0 radical (unpaired) electrons. The first-order valence-corrected chi connectivity index (χ1v) is 16.7. The van der Waals surface area contributed by atoms with E-state index in [0.717, 1.165) is 0 Å². The van der Waals surface area contributed by atoms with Crippen LogP contribution in [0.4, 0.5) is 0 Å². The SMILES string of the molecule is CC(C)C1=[C]([Ti]([CH3])([CH3])(=[SiH2])[C]2=C(C(C)C)C=CC2)CC=C1.Cl.Cl. The topological polar surface area (TPSA) is 0 Å². The molecule has 0 fully saturated rings. The third kappa shape index (κ3) is 3.92. The van der Waals surface area contributed by atoms with Crippen LogP contribution in [0.2, 0.25) is 10.5 Å². The molecule has 0 saturated carbocycles. The molecule has 2 aliphatic carbocycles. The minimum atomic E-state index is -2.70. The van der Waals surface area contributed by atoms with E-state index in [0.29, 0.717) is 11.8 Å². The van der Waals surface area contributed by atoms with E-state index in [4.69, 9.17) is 0 Å². The zero-order valence-electron chi connectivity index (χ0n) is 14.9. The largest absolute Gasteiger partial charge is 0.147 e. The van der Waals surface area contributed by atoms with Crippen molar-refractivity contribution in [1.82, 2.24) is 0 Å². The first-order valence-electron chi connectivity index (χ1n) is 8.01. The summed E-state index contributed by atoms with van der Waals surface area (Å²) in [4.78, 5) is 0. The van der Waals surface area contributed by atoms with Crippen molar-refractivity contribution in [3.05, 3.63) is 43.2 Å². The summed E-state index contributed by atoms with van der Waals surface area (Å²) in [6.07, 6.45) is 12.0. The maximum absolute atomic E-state index is 2.70. The molecule has 4 heteroatoms. The fourth-order valence-corrected chi connectivity index (χ4v) is 13.8. The Morgan fingerprint density at radius 3 is 1.41 bits per heavy atom. The van der Waals surface area contributed by atoms with Crippen LogP contribution in [0, 0.1) is 11.8 Å². The van der Waals surface area contributed by atoms with E-state index in [2.05, 4.69) is 70.1 Å². The fourth-order valence-electron chi connectivity index (χ4n) is 3.89. The van der Waals surface area contributed by atoms with Gasteiger partial charge in [-0.2, -0.15) is 0 Å². The van der Waals surface area contributed by atoms with Crippen molar-refractivity contribution in [3.8, 4) is 0 Å². The van der Waals surface area contributed by atoms with E-state index >= 15 is 0 Å². The predicted octanol–water partition coefficient (Wildman–Crippen LogP) is 5.90. The first kappa shape index (κ1) is 22.5. The molecule has 22 heavy (non-hydrogen) atoms. The summed E-state index contributed by atoms with van der Waals surface area (Å²) in [6, 6.07) is 0. The van der Waals surface area contributed by atoms with Gasteiger partial charge in [-0.05, 0) is 0 Å². The number of allylic oxidation sites excluding steroid dienone is 8. The van der Waals surface area contributed by atoms with E-state index in [1.807, 2.05) is 7.76 Å². The molecule has 0 spiro atoms. The average molecular weight is 395 g/mol. The quantitative estimate of drug-likeness (QED) is 0.520. The first-order chi connectivity index (χ1) is 9.13. The molecule has 2 rings (SSSR count). The van der Waals surface area contributed by atoms with Gasteiger partial charge in [-0.1, -0.05) is 0 Å².